The molecule has 0 saturated carbocycles. The summed E-state index contributed by atoms with van der Waals surface area (Å²) in [6.45, 7) is 0. The minimum Gasteiger partial charge on any atom is -0.493 e. The Morgan fingerprint density at radius 2 is 2.06 bits per heavy atom. The molecule has 4 nitrogen and oxygen atoms in total. The maximum atomic E-state index is 13.6. The van der Waals surface area contributed by atoms with E-state index in [1.54, 1.807) is 0 Å². The van der Waals surface area contributed by atoms with E-state index in [2.05, 4.69) is 0 Å². The molecule has 5 heteroatoms. The van der Waals surface area contributed by atoms with Gasteiger partial charge in [0, 0.05) is 12.0 Å². The normalized spacial score (nSPS) is 10.1. The molecule has 17 heavy (non-hydrogen) atoms. The fourth-order valence-corrected chi connectivity index (χ4v) is 1.62. The molecule has 1 aromatic rings. The molecule has 1 N–H and O–H groups in total. The summed E-state index contributed by atoms with van der Waals surface area (Å²) in [6, 6.07) is 2.77. The van der Waals surface area contributed by atoms with Gasteiger partial charge in [-0.25, -0.2) is 4.39 Å². The van der Waals surface area contributed by atoms with Gasteiger partial charge in [-0.1, -0.05) is 0 Å². The highest BCUT2D eigenvalue weighted by molar-refractivity contribution is 5.66. The van der Waals surface area contributed by atoms with Crippen LogP contribution < -0.4 is 9.47 Å². The Balaban J connectivity index is 2.91. The van der Waals surface area contributed by atoms with Gasteiger partial charge in [-0.3, -0.25) is 4.79 Å². The summed E-state index contributed by atoms with van der Waals surface area (Å²) in [5.74, 6) is -0.530. The number of aliphatic carboxylic acids is 1. The van der Waals surface area contributed by atoms with E-state index in [0.717, 1.165) is 0 Å². The summed E-state index contributed by atoms with van der Waals surface area (Å²) in [4.78, 5) is 10.4. The standard InChI is InChI=1S/C12H15FO4/c1-16-10-7-6-9(13)8(12(10)17-2)4-3-5-11(14)15/h6-7H,3-5H2,1-2H3,(H,14,15). The number of rotatable bonds is 6. The first-order valence-electron chi connectivity index (χ1n) is 5.21. The monoisotopic (exact) mass is 242 g/mol. The molecule has 0 spiro atoms. The van der Waals surface area contributed by atoms with Crippen molar-refractivity contribution in [2.45, 2.75) is 19.3 Å². The number of hydrogen-bond donors (Lipinski definition) is 1. The molecule has 0 radical (unpaired) electrons. The highest BCUT2D eigenvalue weighted by Crippen LogP contribution is 2.33. The van der Waals surface area contributed by atoms with Gasteiger partial charge in [0.2, 0.25) is 0 Å². The second-order valence-electron chi connectivity index (χ2n) is 3.51. The van der Waals surface area contributed by atoms with E-state index in [9.17, 15) is 9.18 Å². The summed E-state index contributed by atoms with van der Waals surface area (Å²) < 4.78 is 23.7. The molecule has 0 amide bonds. The molecule has 0 atom stereocenters. The van der Waals surface area contributed by atoms with Crippen LogP contribution >= 0.6 is 0 Å². The van der Waals surface area contributed by atoms with Crippen molar-refractivity contribution in [2.24, 2.45) is 0 Å². The fraction of sp³-hybridized carbons (Fsp3) is 0.417. The van der Waals surface area contributed by atoms with Crippen molar-refractivity contribution < 1.29 is 23.8 Å². The number of carboxylic acid groups (broad SMARTS) is 1. The molecule has 1 aromatic carbocycles. The van der Waals surface area contributed by atoms with E-state index in [-0.39, 0.29) is 6.42 Å². The van der Waals surface area contributed by atoms with E-state index in [1.165, 1.54) is 26.4 Å². The molecule has 0 aliphatic heterocycles. The van der Waals surface area contributed by atoms with Crippen LogP contribution in [0.15, 0.2) is 12.1 Å². The maximum Gasteiger partial charge on any atom is 0.303 e. The quantitative estimate of drug-likeness (QED) is 0.831. The van der Waals surface area contributed by atoms with Gasteiger partial charge in [-0.15, -0.1) is 0 Å². The molecule has 0 unspecified atom stereocenters. The molecule has 0 bridgehead atoms. The first-order valence-corrected chi connectivity index (χ1v) is 5.21. The summed E-state index contributed by atoms with van der Waals surface area (Å²) in [5.41, 5.74) is 0.355. The van der Waals surface area contributed by atoms with Crippen LogP contribution in [0.1, 0.15) is 18.4 Å². The lowest BCUT2D eigenvalue weighted by molar-refractivity contribution is -0.137. The number of carboxylic acids is 1. The van der Waals surface area contributed by atoms with Crippen LogP contribution in [-0.4, -0.2) is 25.3 Å². The largest absolute Gasteiger partial charge is 0.493 e. The van der Waals surface area contributed by atoms with Crippen LogP contribution in [-0.2, 0) is 11.2 Å². The van der Waals surface area contributed by atoms with Crippen LogP contribution in [0.2, 0.25) is 0 Å². The van der Waals surface area contributed by atoms with Crippen LogP contribution in [0.25, 0.3) is 0 Å². The highest BCUT2D eigenvalue weighted by atomic mass is 19.1. The zero-order valence-corrected chi connectivity index (χ0v) is 9.83. The van der Waals surface area contributed by atoms with Gasteiger partial charge < -0.3 is 14.6 Å². The predicted molar refractivity (Wildman–Crippen MR) is 60.1 cm³/mol. The molecule has 0 aliphatic rings. The maximum absolute atomic E-state index is 13.6. The third kappa shape index (κ3) is 3.34. The van der Waals surface area contributed by atoms with Gasteiger partial charge in [0.1, 0.15) is 5.82 Å². The molecular weight excluding hydrogens is 227 g/mol. The number of ether oxygens (including phenoxy) is 2. The zero-order valence-electron chi connectivity index (χ0n) is 9.83. The Labute approximate surface area is 99.0 Å². The number of benzene rings is 1. The SMILES string of the molecule is COc1ccc(F)c(CCCC(=O)O)c1OC. The summed E-state index contributed by atoms with van der Waals surface area (Å²) in [7, 11) is 2.90. The van der Waals surface area contributed by atoms with Gasteiger partial charge in [-0.05, 0) is 25.0 Å². The average Bonchev–Trinajstić information content (AvgIpc) is 2.30. The van der Waals surface area contributed by atoms with E-state index >= 15 is 0 Å². The van der Waals surface area contributed by atoms with Crippen molar-refractivity contribution >= 4 is 5.97 Å². The Hall–Kier alpha value is -1.78. The van der Waals surface area contributed by atoms with Crippen molar-refractivity contribution in [3.8, 4) is 11.5 Å². The molecule has 0 aliphatic carbocycles. The average molecular weight is 242 g/mol. The van der Waals surface area contributed by atoms with Crippen molar-refractivity contribution in [3.05, 3.63) is 23.5 Å². The number of hydrogen-bond acceptors (Lipinski definition) is 3. The summed E-state index contributed by atoms with van der Waals surface area (Å²) in [5, 5.41) is 8.54. The Kier molecular flexibility index (Phi) is 4.75. The van der Waals surface area contributed by atoms with Crippen molar-refractivity contribution in [3.63, 3.8) is 0 Å². The van der Waals surface area contributed by atoms with Crippen LogP contribution in [0.3, 0.4) is 0 Å². The lowest BCUT2D eigenvalue weighted by Gasteiger charge is -2.13. The van der Waals surface area contributed by atoms with E-state index in [4.69, 9.17) is 14.6 Å². The van der Waals surface area contributed by atoms with E-state index < -0.39 is 11.8 Å². The summed E-state index contributed by atoms with van der Waals surface area (Å²) >= 11 is 0. The molecule has 0 heterocycles. The second kappa shape index (κ2) is 6.08. The zero-order chi connectivity index (χ0) is 12.8. The van der Waals surface area contributed by atoms with Crippen LogP contribution in [0.5, 0.6) is 11.5 Å². The minimum absolute atomic E-state index is 0.000194. The number of methoxy groups -OCH3 is 2. The van der Waals surface area contributed by atoms with Crippen LogP contribution in [0, 0.1) is 5.82 Å². The van der Waals surface area contributed by atoms with Crippen LogP contribution in [0.4, 0.5) is 4.39 Å². The third-order valence-corrected chi connectivity index (χ3v) is 2.41. The van der Waals surface area contributed by atoms with E-state index in [1.807, 2.05) is 0 Å². The topological polar surface area (TPSA) is 55.8 Å². The minimum atomic E-state index is -0.896. The van der Waals surface area contributed by atoms with Gasteiger partial charge in [-0.2, -0.15) is 0 Å². The third-order valence-electron chi connectivity index (χ3n) is 2.41. The molecule has 0 aromatic heterocycles. The molecule has 0 fully saturated rings. The number of carbonyl (C=O) groups is 1. The van der Waals surface area contributed by atoms with Gasteiger partial charge in [0.15, 0.2) is 11.5 Å². The van der Waals surface area contributed by atoms with Crippen molar-refractivity contribution in [1.29, 1.82) is 0 Å². The molecule has 94 valence electrons. The van der Waals surface area contributed by atoms with E-state index in [0.29, 0.717) is 29.9 Å². The fourth-order valence-electron chi connectivity index (χ4n) is 1.62. The lowest BCUT2D eigenvalue weighted by Crippen LogP contribution is -2.01. The van der Waals surface area contributed by atoms with Crippen molar-refractivity contribution in [2.75, 3.05) is 14.2 Å². The van der Waals surface area contributed by atoms with Crippen molar-refractivity contribution in [1.82, 2.24) is 0 Å². The summed E-state index contributed by atoms with van der Waals surface area (Å²) in [6.07, 6.45) is 0.661. The number of halogens is 1. The first kappa shape index (κ1) is 13.3. The predicted octanol–water partition coefficient (Wildman–Crippen LogP) is 2.25. The highest BCUT2D eigenvalue weighted by Gasteiger charge is 2.15. The second-order valence-corrected chi connectivity index (χ2v) is 3.51. The Bertz CT molecular complexity index is 404. The molecular formula is C12H15FO4. The smallest absolute Gasteiger partial charge is 0.303 e. The lowest BCUT2D eigenvalue weighted by atomic mass is 10.1. The molecule has 0 saturated heterocycles. The Morgan fingerprint density at radius 3 is 2.59 bits per heavy atom. The van der Waals surface area contributed by atoms with Gasteiger partial charge >= 0.3 is 5.97 Å². The first-order chi connectivity index (χ1) is 8.10. The van der Waals surface area contributed by atoms with Gasteiger partial charge in [0.25, 0.3) is 0 Å². The Morgan fingerprint density at radius 1 is 1.35 bits per heavy atom. The van der Waals surface area contributed by atoms with Gasteiger partial charge in [0.05, 0.1) is 14.2 Å². The molecule has 1 rings (SSSR count).